The van der Waals surface area contributed by atoms with E-state index in [-0.39, 0.29) is 6.04 Å². The second-order valence-electron chi connectivity index (χ2n) is 5.24. The average molecular weight is 275 g/mol. The standard InChI is InChI=1S/C13H20F3N3/c1-17-12(10-5-3-2-4-6-10)9-19-8-11(7-18-19)13(14,15)16/h7-8,10,12,17H,2-6,9H2,1H3. The summed E-state index contributed by atoms with van der Waals surface area (Å²) in [6.07, 6.45) is 3.69. The third kappa shape index (κ3) is 3.72. The van der Waals surface area contributed by atoms with Crippen LogP contribution >= 0.6 is 0 Å². The zero-order valence-electron chi connectivity index (χ0n) is 11.1. The Balaban J connectivity index is 1.99. The first-order valence-corrected chi connectivity index (χ1v) is 6.77. The molecule has 0 aliphatic heterocycles. The fraction of sp³-hybridized carbons (Fsp3) is 0.769. The Bertz CT molecular complexity index is 394. The molecule has 0 saturated heterocycles. The van der Waals surface area contributed by atoms with Crippen molar-refractivity contribution in [2.75, 3.05) is 7.05 Å². The number of nitrogens with zero attached hydrogens (tertiary/aromatic N) is 2. The molecule has 1 fully saturated rings. The summed E-state index contributed by atoms with van der Waals surface area (Å²) in [6.45, 7) is 0.497. The van der Waals surface area contributed by atoms with Gasteiger partial charge in [-0.3, -0.25) is 4.68 Å². The number of aromatic nitrogens is 2. The van der Waals surface area contributed by atoms with Crippen molar-refractivity contribution in [2.45, 2.75) is 50.9 Å². The summed E-state index contributed by atoms with van der Waals surface area (Å²) < 4.78 is 38.9. The van der Waals surface area contributed by atoms with Crippen LogP contribution in [0.3, 0.4) is 0 Å². The second-order valence-corrected chi connectivity index (χ2v) is 5.24. The first-order chi connectivity index (χ1) is 9.00. The van der Waals surface area contributed by atoms with E-state index in [9.17, 15) is 13.2 Å². The van der Waals surface area contributed by atoms with E-state index >= 15 is 0 Å². The highest BCUT2D eigenvalue weighted by molar-refractivity contribution is 5.08. The molecular formula is C13H20F3N3. The highest BCUT2D eigenvalue weighted by atomic mass is 19.4. The molecule has 1 aliphatic carbocycles. The lowest BCUT2D eigenvalue weighted by atomic mass is 9.84. The van der Waals surface area contributed by atoms with Crippen molar-refractivity contribution in [1.82, 2.24) is 15.1 Å². The predicted molar refractivity (Wildman–Crippen MR) is 66.7 cm³/mol. The molecule has 2 rings (SSSR count). The Morgan fingerprint density at radius 3 is 2.58 bits per heavy atom. The third-order valence-electron chi connectivity index (χ3n) is 3.93. The molecule has 0 aromatic carbocycles. The van der Waals surface area contributed by atoms with Gasteiger partial charge in [0.2, 0.25) is 0 Å². The number of nitrogens with one attached hydrogen (secondary N) is 1. The molecule has 0 radical (unpaired) electrons. The Kier molecular flexibility index (Phi) is 4.50. The van der Waals surface area contributed by atoms with Gasteiger partial charge in [-0.15, -0.1) is 0 Å². The van der Waals surface area contributed by atoms with E-state index in [0.717, 1.165) is 25.2 Å². The Morgan fingerprint density at radius 2 is 2.05 bits per heavy atom. The average Bonchev–Trinajstić information content (AvgIpc) is 2.85. The fourth-order valence-electron chi connectivity index (χ4n) is 2.82. The Labute approximate surface area is 111 Å². The highest BCUT2D eigenvalue weighted by Crippen LogP contribution is 2.29. The molecule has 0 amide bonds. The highest BCUT2D eigenvalue weighted by Gasteiger charge is 2.32. The molecule has 1 aliphatic rings. The molecule has 108 valence electrons. The van der Waals surface area contributed by atoms with Crippen LogP contribution in [0.2, 0.25) is 0 Å². The van der Waals surface area contributed by atoms with Crippen LogP contribution in [-0.4, -0.2) is 22.9 Å². The zero-order valence-corrected chi connectivity index (χ0v) is 11.1. The van der Waals surface area contributed by atoms with Crippen LogP contribution < -0.4 is 5.32 Å². The van der Waals surface area contributed by atoms with Crippen molar-refractivity contribution in [1.29, 1.82) is 0 Å². The van der Waals surface area contributed by atoms with Crippen molar-refractivity contribution in [3.8, 4) is 0 Å². The molecule has 1 aromatic heterocycles. The SMILES string of the molecule is CNC(Cn1cc(C(F)(F)F)cn1)C1CCCCC1. The summed E-state index contributed by atoms with van der Waals surface area (Å²) >= 11 is 0. The van der Waals surface area contributed by atoms with E-state index in [1.165, 1.54) is 23.9 Å². The number of hydrogen-bond acceptors (Lipinski definition) is 2. The maximum absolute atomic E-state index is 12.5. The first-order valence-electron chi connectivity index (χ1n) is 6.77. The molecular weight excluding hydrogens is 255 g/mol. The summed E-state index contributed by atoms with van der Waals surface area (Å²) in [5.41, 5.74) is -0.675. The van der Waals surface area contributed by atoms with E-state index in [1.54, 1.807) is 0 Å². The molecule has 1 saturated carbocycles. The topological polar surface area (TPSA) is 29.9 Å². The molecule has 3 nitrogen and oxygen atoms in total. The summed E-state index contributed by atoms with van der Waals surface area (Å²) in [5, 5.41) is 7.05. The second kappa shape index (κ2) is 5.94. The predicted octanol–water partition coefficient (Wildman–Crippen LogP) is 3.07. The summed E-state index contributed by atoms with van der Waals surface area (Å²) in [5.74, 6) is 0.539. The molecule has 0 bridgehead atoms. The van der Waals surface area contributed by atoms with E-state index in [4.69, 9.17) is 0 Å². The Morgan fingerprint density at radius 1 is 1.37 bits per heavy atom. The lowest BCUT2D eigenvalue weighted by molar-refractivity contribution is -0.137. The van der Waals surface area contributed by atoms with Crippen LogP contribution in [0, 0.1) is 5.92 Å². The lowest BCUT2D eigenvalue weighted by Crippen LogP contribution is -2.38. The largest absolute Gasteiger partial charge is 0.419 e. The van der Waals surface area contributed by atoms with E-state index in [0.29, 0.717) is 12.5 Å². The number of rotatable bonds is 4. The van der Waals surface area contributed by atoms with Crippen LogP contribution in [0.4, 0.5) is 13.2 Å². The maximum atomic E-state index is 12.5. The number of hydrogen-bond donors (Lipinski definition) is 1. The van der Waals surface area contributed by atoms with Gasteiger partial charge in [-0.1, -0.05) is 19.3 Å². The van der Waals surface area contributed by atoms with Gasteiger partial charge in [0, 0.05) is 12.2 Å². The quantitative estimate of drug-likeness (QED) is 0.915. The molecule has 0 spiro atoms. The Hall–Kier alpha value is -1.04. The van der Waals surface area contributed by atoms with Crippen LogP contribution in [0.25, 0.3) is 0 Å². The van der Waals surface area contributed by atoms with Crippen LogP contribution in [0.1, 0.15) is 37.7 Å². The van der Waals surface area contributed by atoms with Crippen LogP contribution in [0.5, 0.6) is 0 Å². The van der Waals surface area contributed by atoms with Crippen molar-refractivity contribution in [3.63, 3.8) is 0 Å². The number of halogens is 3. The molecule has 19 heavy (non-hydrogen) atoms. The van der Waals surface area contributed by atoms with E-state index in [1.807, 2.05) is 7.05 Å². The smallest absolute Gasteiger partial charge is 0.315 e. The van der Waals surface area contributed by atoms with E-state index < -0.39 is 11.7 Å². The molecule has 1 aromatic rings. The minimum atomic E-state index is -4.31. The van der Waals surface area contributed by atoms with Gasteiger partial charge >= 0.3 is 6.18 Å². The van der Waals surface area contributed by atoms with Gasteiger partial charge in [-0.25, -0.2) is 0 Å². The molecule has 1 N–H and O–H groups in total. The van der Waals surface area contributed by atoms with E-state index in [2.05, 4.69) is 10.4 Å². The molecule has 6 heteroatoms. The molecule has 1 heterocycles. The van der Waals surface area contributed by atoms with Crippen LogP contribution in [0.15, 0.2) is 12.4 Å². The summed E-state index contributed by atoms with van der Waals surface area (Å²) in [4.78, 5) is 0. The fourth-order valence-corrected chi connectivity index (χ4v) is 2.82. The minimum Gasteiger partial charge on any atom is -0.315 e. The van der Waals surface area contributed by atoms with Crippen LogP contribution in [-0.2, 0) is 12.7 Å². The van der Waals surface area contributed by atoms with Crippen molar-refractivity contribution in [2.24, 2.45) is 5.92 Å². The van der Waals surface area contributed by atoms with Crippen molar-refractivity contribution in [3.05, 3.63) is 18.0 Å². The van der Waals surface area contributed by atoms with Crippen molar-refractivity contribution >= 4 is 0 Å². The molecule has 1 unspecified atom stereocenters. The van der Waals surface area contributed by atoms with Crippen molar-refractivity contribution < 1.29 is 13.2 Å². The number of alkyl halides is 3. The van der Waals surface area contributed by atoms with Gasteiger partial charge in [0.05, 0.1) is 18.3 Å². The van der Waals surface area contributed by atoms with Gasteiger partial charge < -0.3 is 5.32 Å². The number of likely N-dealkylation sites (N-methyl/N-ethyl adjacent to an activating group) is 1. The van der Waals surface area contributed by atoms with Gasteiger partial charge in [0.25, 0.3) is 0 Å². The van der Waals surface area contributed by atoms with Gasteiger partial charge in [0.1, 0.15) is 0 Å². The lowest BCUT2D eigenvalue weighted by Gasteiger charge is -2.30. The monoisotopic (exact) mass is 275 g/mol. The van der Waals surface area contributed by atoms with Gasteiger partial charge in [-0.05, 0) is 25.8 Å². The first kappa shape index (κ1) is 14.4. The molecule has 1 atom stereocenters. The normalized spacial score (nSPS) is 19.6. The summed E-state index contributed by atoms with van der Waals surface area (Å²) in [6, 6.07) is 0.196. The minimum absolute atomic E-state index is 0.196. The van der Waals surface area contributed by atoms with Gasteiger partial charge in [-0.2, -0.15) is 18.3 Å². The van der Waals surface area contributed by atoms with Gasteiger partial charge in [0.15, 0.2) is 0 Å². The zero-order chi connectivity index (χ0) is 13.9. The maximum Gasteiger partial charge on any atom is 0.419 e. The summed E-state index contributed by atoms with van der Waals surface area (Å²) in [7, 11) is 1.87. The third-order valence-corrected chi connectivity index (χ3v) is 3.93.